The first-order chi connectivity index (χ1) is 14.1. The number of halogens is 1. The third-order valence-corrected chi connectivity index (χ3v) is 5.50. The smallest absolute Gasteiger partial charge is 0.255 e. The second kappa shape index (κ2) is 7.79. The van der Waals surface area contributed by atoms with Crippen molar-refractivity contribution in [3.8, 4) is 17.1 Å². The first-order valence-electron chi connectivity index (χ1n) is 8.72. The molecule has 0 saturated heterocycles. The number of rotatable bonds is 5. The van der Waals surface area contributed by atoms with Crippen LogP contribution < -0.4 is 14.4 Å². The van der Waals surface area contributed by atoms with Crippen LogP contribution in [0.15, 0.2) is 40.8 Å². The largest absolute Gasteiger partial charge is 0.495 e. The fourth-order valence-corrected chi connectivity index (χ4v) is 4.14. The van der Waals surface area contributed by atoms with Crippen LogP contribution in [-0.2, 0) is 14.8 Å². The summed E-state index contributed by atoms with van der Waals surface area (Å²) < 4.78 is 49.4. The summed E-state index contributed by atoms with van der Waals surface area (Å²) >= 11 is 0. The predicted octanol–water partition coefficient (Wildman–Crippen LogP) is 2.92. The number of carbonyl (C=O) groups excluding carboxylic acids is 2. The molecule has 8 nitrogen and oxygen atoms in total. The molecular formula is C20H19FN2O6S. The van der Waals surface area contributed by atoms with Crippen LogP contribution >= 0.6 is 0 Å². The van der Waals surface area contributed by atoms with Gasteiger partial charge in [0.05, 0.1) is 18.9 Å². The number of ether oxygens (including phenoxy) is 1. The minimum atomic E-state index is -3.96. The van der Waals surface area contributed by atoms with Crippen molar-refractivity contribution in [3.05, 3.63) is 47.8 Å². The molecule has 0 bridgehead atoms. The standard InChI is InChI=1S/C20H19FN2O6S/c1-11(24)23(30(4,26)27)15-10-16-14(9-17(15)28-3)18(20(25)22-2)19(29-16)12-5-7-13(21)8-6-12/h5-10H,1-4H3,(H,22,25). The average molecular weight is 434 g/mol. The molecule has 1 heterocycles. The lowest BCUT2D eigenvalue weighted by atomic mass is 10.0. The van der Waals surface area contributed by atoms with Gasteiger partial charge in [-0.3, -0.25) is 9.59 Å². The summed E-state index contributed by atoms with van der Waals surface area (Å²) in [4.78, 5) is 24.6. The molecule has 0 aliphatic carbocycles. The number of nitrogens with zero attached hydrogens (tertiary/aromatic N) is 1. The fourth-order valence-electron chi connectivity index (χ4n) is 3.17. The third-order valence-electron chi connectivity index (χ3n) is 4.39. The van der Waals surface area contributed by atoms with E-state index in [-0.39, 0.29) is 28.3 Å². The lowest BCUT2D eigenvalue weighted by Crippen LogP contribution is -2.34. The minimum absolute atomic E-state index is 0.0529. The highest BCUT2D eigenvalue weighted by atomic mass is 32.2. The molecule has 2 aromatic carbocycles. The maximum atomic E-state index is 13.3. The van der Waals surface area contributed by atoms with Crippen molar-refractivity contribution < 1.29 is 31.6 Å². The maximum Gasteiger partial charge on any atom is 0.255 e. The van der Waals surface area contributed by atoms with E-state index in [1.807, 2.05) is 0 Å². The van der Waals surface area contributed by atoms with Gasteiger partial charge in [-0.1, -0.05) is 0 Å². The number of amides is 2. The molecule has 158 valence electrons. The number of furan rings is 1. The zero-order valence-electron chi connectivity index (χ0n) is 16.6. The number of carbonyl (C=O) groups is 2. The van der Waals surface area contributed by atoms with Gasteiger partial charge >= 0.3 is 0 Å². The summed E-state index contributed by atoms with van der Waals surface area (Å²) in [5, 5.41) is 2.86. The lowest BCUT2D eigenvalue weighted by molar-refractivity contribution is -0.115. The second-order valence-electron chi connectivity index (χ2n) is 6.46. The van der Waals surface area contributed by atoms with Gasteiger partial charge in [0.15, 0.2) is 0 Å². The van der Waals surface area contributed by atoms with Gasteiger partial charge in [0.1, 0.15) is 28.6 Å². The molecule has 0 aliphatic rings. The van der Waals surface area contributed by atoms with Crippen molar-refractivity contribution in [2.75, 3.05) is 24.7 Å². The Labute approximate surface area is 172 Å². The fraction of sp³-hybridized carbons (Fsp3) is 0.200. The Bertz CT molecular complexity index is 1250. The number of nitrogens with one attached hydrogen (secondary N) is 1. The van der Waals surface area contributed by atoms with Crippen molar-refractivity contribution in [1.82, 2.24) is 5.32 Å². The molecule has 30 heavy (non-hydrogen) atoms. The van der Waals surface area contributed by atoms with Crippen LogP contribution in [0.3, 0.4) is 0 Å². The molecule has 0 fully saturated rings. The Balaban J connectivity index is 2.37. The van der Waals surface area contributed by atoms with Gasteiger partial charge in [-0.05, 0) is 30.3 Å². The Morgan fingerprint density at radius 2 is 1.80 bits per heavy atom. The van der Waals surface area contributed by atoms with Crippen LogP contribution in [0.5, 0.6) is 5.75 Å². The van der Waals surface area contributed by atoms with Crippen molar-refractivity contribution in [1.29, 1.82) is 0 Å². The van der Waals surface area contributed by atoms with E-state index < -0.39 is 27.7 Å². The van der Waals surface area contributed by atoms with Crippen molar-refractivity contribution in [2.45, 2.75) is 6.92 Å². The summed E-state index contributed by atoms with van der Waals surface area (Å²) in [7, 11) is -1.20. The van der Waals surface area contributed by atoms with E-state index in [2.05, 4.69) is 5.32 Å². The molecule has 10 heteroatoms. The zero-order valence-corrected chi connectivity index (χ0v) is 17.5. The Hall–Kier alpha value is -3.40. The van der Waals surface area contributed by atoms with E-state index in [1.54, 1.807) is 0 Å². The Morgan fingerprint density at radius 3 is 2.30 bits per heavy atom. The van der Waals surface area contributed by atoms with E-state index >= 15 is 0 Å². The first-order valence-corrected chi connectivity index (χ1v) is 10.6. The molecule has 0 radical (unpaired) electrons. The van der Waals surface area contributed by atoms with Gasteiger partial charge in [-0.15, -0.1) is 0 Å². The van der Waals surface area contributed by atoms with E-state index in [1.165, 1.54) is 50.6 Å². The third kappa shape index (κ3) is 3.73. The van der Waals surface area contributed by atoms with E-state index in [0.717, 1.165) is 13.2 Å². The molecule has 2 amide bonds. The minimum Gasteiger partial charge on any atom is -0.495 e. The molecule has 0 spiro atoms. The number of benzene rings is 2. The van der Waals surface area contributed by atoms with Crippen molar-refractivity contribution >= 4 is 38.5 Å². The SMILES string of the molecule is CNC(=O)c1c(-c2ccc(F)cc2)oc2cc(N(C(C)=O)S(C)(=O)=O)c(OC)cc12. The van der Waals surface area contributed by atoms with Crippen molar-refractivity contribution in [2.24, 2.45) is 0 Å². The van der Waals surface area contributed by atoms with Crippen LogP contribution in [0.25, 0.3) is 22.3 Å². The van der Waals surface area contributed by atoms with E-state index in [4.69, 9.17) is 9.15 Å². The molecule has 1 aromatic heterocycles. The topological polar surface area (TPSA) is 106 Å². The molecule has 1 N–H and O–H groups in total. The van der Waals surface area contributed by atoms with Gasteiger partial charge in [0.2, 0.25) is 15.9 Å². The number of hydrogen-bond acceptors (Lipinski definition) is 6. The highest BCUT2D eigenvalue weighted by molar-refractivity contribution is 7.92. The molecule has 0 unspecified atom stereocenters. The van der Waals surface area contributed by atoms with Crippen molar-refractivity contribution in [3.63, 3.8) is 0 Å². The summed E-state index contributed by atoms with van der Waals surface area (Å²) in [6, 6.07) is 8.10. The number of fused-ring (bicyclic) bond motifs is 1. The maximum absolute atomic E-state index is 13.3. The monoisotopic (exact) mass is 434 g/mol. The van der Waals surface area contributed by atoms with E-state index in [9.17, 15) is 22.4 Å². The number of methoxy groups -OCH3 is 1. The van der Waals surface area contributed by atoms with Gasteiger partial charge in [-0.25, -0.2) is 17.1 Å². The molecule has 0 saturated carbocycles. The van der Waals surface area contributed by atoms with Crippen LogP contribution in [-0.4, -0.2) is 40.6 Å². The molecule has 3 rings (SSSR count). The zero-order chi connectivity index (χ0) is 22.2. The highest BCUT2D eigenvalue weighted by Gasteiger charge is 2.29. The summed E-state index contributed by atoms with van der Waals surface area (Å²) in [6.07, 6.45) is 0.889. The number of anilines is 1. The lowest BCUT2D eigenvalue weighted by Gasteiger charge is -2.20. The van der Waals surface area contributed by atoms with Gasteiger partial charge in [0.25, 0.3) is 5.91 Å². The van der Waals surface area contributed by atoms with Gasteiger partial charge in [-0.2, -0.15) is 0 Å². The summed E-state index contributed by atoms with van der Waals surface area (Å²) in [6.45, 7) is 1.10. The van der Waals surface area contributed by atoms with Gasteiger partial charge < -0.3 is 14.5 Å². The predicted molar refractivity (Wildman–Crippen MR) is 110 cm³/mol. The number of sulfonamides is 1. The average Bonchev–Trinajstić information content (AvgIpc) is 3.04. The summed E-state index contributed by atoms with van der Waals surface area (Å²) in [5.74, 6) is -1.44. The highest BCUT2D eigenvalue weighted by Crippen LogP contribution is 2.41. The Kier molecular flexibility index (Phi) is 5.53. The molecule has 0 atom stereocenters. The van der Waals surface area contributed by atoms with E-state index in [0.29, 0.717) is 15.3 Å². The molecule has 3 aromatic rings. The first kappa shape index (κ1) is 21.3. The van der Waals surface area contributed by atoms with Crippen LogP contribution in [0.2, 0.25) is 0 Å². The van der Waals surface area contributed by atoms with Crippen LogP contribution in [0.1, 0.15) is 17.3 Å². The van der Waals surface area contributed by atoms with Crippen LogP contribution in [0.4, 0.5) is 10.1 Å². The normalized spacial score (nSPS) is 11.4. The van der Waals surface area contributed by atoms with Gasteiger partial charge in [0, 0.05) is 31.0 Å². The second-order valence-corrected chi connectivity index (χ2v) is 8.29. The molecule has 0 aliphatic heterocycles. The molecular weight excluding hydrogens is 415 g/mol. The summed E-state index contributed by atoms with van der Waals surface area (Å²) in [5.41, 5.74) is 0.706. The number of hydrogen-bond donors (Lipinski definition) is 1. The quantitative estimate of drug-likeness (QED) is 0.662. The Morgan fingerprint density at radius 1 is 1.17 bits per heavy atom. The van der Waals surface area contributed by atoms with Crippen LogP contribution in [0, 0.1) is 5.82 Å².